The third-order valence-electron chi connectivity index (χ3n) is 1.75. The van der Waals surface area contributed by atoms with Crippen LogP contribution in [0.2, 0.25) is 0 Å². The molecule has 0 unspecified atom stereocenters. The van der Waals surface area contributed by atoms with E-state index in [2.05, 4.69) is 5.38 Å². The van der Waals surface area contributed by atoms with Gasteiger partial charge in [0.2, 0.25) is 0 Å². The first-order chi connectivity index (χ1) is 6.84. The van der Waals surface area contributed by atoms with E-state index >= 15 is 0 Å². The zero-order valence-corrected chi connectivity index (χ0v) is 8.18. The van der Waals surface area contributed by atoms with Gasteiger partial charge in [-0.15, -0.1) is 11.3 Å². The molecule has 3 heteroatoms. The zero-order valence-electron chi connectivity index (χ0n) is 7.37. The molecule has 0 atom stereocenters. The van der Waals surface area contributed by atoms with Gasteiger partial charge in [-0.25, -0.2) is 4.39 Å². The molecule has 0 saturated carbocycles. The van der Waals surface area contributed by atoms with Gasteiger partial charge >= 0.3 is 0 Å². The highest BCUT2D eigenvalue weighted by molar-refractivity contribution is 7.07. The molecule has 0 bridgehead atoms. The molecule has 1 nitrogen and oxygen atoms in total. The molecule has 1 heterocycles. The molecule has 0 N–H and O–H groups in total. The standard InChI is InChI=1S/C11H8FOS/c12-10-3-1-9(2-4-10)7-13-11-5-6-14-8-11/h1-6H,7H2. The van der Waals surface area contributed by atoms with Crippen molar-refractivity contribution in [2.75, 3.05) is 0 Å². The summed E-state index contributed by atoms with van der Waals surface area (Å²) in [6.07, 6.45) is 0. The molecule has 0 fully saturated rings. The van der Waals surface area contributed by atoms with Crippen molar-refractivity contribution in [2.24, 2.45) is 0 Å². The van der Waals surface area contributed by atoms with Crippen LogP contribution in [0.5, 0.6) is 5.75 Å². The van der Waals surface area contributed by atoms with E-state index in [-0.39, 0.29) is 5.82 Å². The Labute approximate surface area is 85.8 Å². The second-order valence-electron chi connectivity index (χ2n) is 2.80. The molecular formula is C11H8FOS. The summed E-state index contributed by atoms with van der Waals surface area (Å²) in [6, 6.07) is 8.13. The topological polar surface area (TPSA) is 9.23 Å². The van der Waals surface area contributed by atoms with Crippen LogP contribution in [0.15, 0.2) is 35.7 Å². The lowest BCUT2D eigenvalue weighted by molar-refractivity contribution is 0.307. The van der Waals surface area contributed by atoms with Gasteiger partial charge < -0.3 is 4.74 Å². The minimum atomic E-state index is -0.226. The first kappa shape index (κ1) is 9.21. The Morgan fingerprint density at radius 3 is 2.64 bits per heavy atom. The number of benzene rings is 1. The fourth-order valence-electron chi connectivity index (χ4n) is 1.04. The first-order valence-electron chi connectivity index (χ1n) is 4.17. The third kappa shape index (κ3) is 2.33. The lowest BCUT2D eigenvalue weighted by atomic mass is 10.2. The van der Waals surface area contributed by atoms with Crippen LogP contribution >= 0.6 is 11.3 Å². The number of thiophene rings is 1. The summed E-state index contributed by atoms with van der Waals surface area (Å²) in [7, 11) is 0. The molecule has 0 aliphatic heterocycles. The van der Waals surface area contributed by atoms with Gasteiger partial charge in [0, 0.05) is 0 Å². The lowest BCUT2D eigenvalue weighted by Gasteiger charge is -2.02. The van der Waals surface area contributed by atoms with Gasteiger partial charge in [-0.05, 0) is 29.1 Å². The maximum Gasteiger partial charge on any atom is 0.139 e. The van der Waals surface area contributed by atoms with Crippen LogP contribution in [-0.2, 0) is 6.61 Å². The van der Waals surface area contributed by atoms with E-state index in [4.69, 9.17) is 4.74 Å². The van der Waals surface area contributed by atoms with E-state index in [1.165, 1.54) is 23.5 Å². The first-order valence-corrected chi connectivity index (χ1v) is 5.05. The SMILES string of the molecule is Fc1ccc(COc2[c]scc2)cc1. The van der Waals surface area contributed by atoms with Crippen molar-refractivity contribution in [3.8, 4) is 5.75 Å². The van der Waals surface area contributed by atoms with E-state index in [0.717, 1.165) is 11.3 Å². The Balaban J connectivity index is 1.95. The summed E-state index contributed by atoms with van der Waals surface area (Å²) in [5, 5.41) is 4.87. The Morgan fingerprint density at radius 1 is 1.21 bits per heavy atom. The van der Waals surface area contributed by atoms with Gasteiger partial charge in [0.1, 0.15) is 18.2 Å². The molecule has 0 spiro atoms. The summed E-state index contributed by atoms with van der Waals surface area (Å²) in [5.41, 5.74) is 0.950. The second-order valence-corrected chi connectivity index (χ2v) is 3.51. The van der Waals surface area contributed by atoms with Gasteiger partial charge in [0.25, 0.3) is 0 Å². The average Bonchev–Trinajstić information content (AvgIpc) is 2.70. The quantitative estimate of drug-likeness (QED) is 0.750. The minimum absolute atomic E-state index is 0.226. The number of ether oxygens (including phenoxy) is 1. The average molecular weight is 207 g/mol. The Hall–Kier alpha value is -1.35. The molecule has 14 heavy (non-hydrogen) atoms. The highest BCUT2D eigenvalue weighted by Gasteiger charge is 1.96. The van der Waals surface area contributed by atoms with Gasteiger partial charge in [0.05, 0.1) is 5.38 Å². The monoisotopic (exact) mass is 207 g/mol. The van der Waals surface area contributed by atoms with Gasteiger partial charge in [-0.2, -0.15) is 0 Å². The maximum atomic E-state index is 12.6. The van der Waals surface area contributed by atoms with E-state index in [1.54, 1.807) is 12.1 Å². The third-order valence-corrected chi connectivity index (χ3v) is 2.35. The number of hydrogen-bond donors (Lipinski definition) is 0. The van der Waals surface area contributed by atoms with Crippen LogP contribution < -0.4 is 4.74 Å². The molecule has 0 amide bonds. The normalized spacial score (nSPS) is 10.1. The molecule has 1 aromatic carbocycles. The van der Waals surface area contributed by atoms with Gasteiger partial charge in [-0.3, -0.25) is 0 Å². The summed E-state index contributed by atoms with van der Waals surface area (Å²) < 4.78 is 18.0. The molecule has 71 valence electrons. The van der Waals surface area contributed by atoms with Crippen molar-refractivity contribution in [2.45, 2.75) is 6.61 Å². The molecule has 0 aliphatic carbocycles. The summed E-state index contributed by atoms with van der Waals surface area (Å²) >= 11 is 1.47. The fourth-order valence-corrected chi connectivity index (χ4v) is 1.54. The second kappa shape index (κ2) is 4.24. The maximum absolute atomic E-state index is 12.6. The van der Waals surface area contributed by atoms with Crippen LogP contribution in [0.25, 0.3) is 0 Å². The highest BCUT2D eigenvalue weighted by atomic mass is 32.1. The van der Waals surface area contributed by atoms with Gasteiger partial charge in [0.15, 0.2) is 0 Å². The number of halogens is 1. The Kier molecular flexibility index (Phi) is 2.79. The van der Waals surface area contributed by atoms with E-state index in [1.807, 2.05) is 11.4 Å². The molecule has 1 aromatic heterocycles. The molecule has 1 radical (unpaired) electrons. The van der Waals surface area contributed by atoms with Crippen molar-refractivity contribution in [1.82, 2.24) is 0 Å². The van der Waals surface area contributed by atoms with Crippen LogP contribution in [-0.4, -0.2) is 0 Å². The lowest BCUT2D eigenvalue weighted by Crippen LogP contribution is -1.93. The predicted octanol–water partition coefficient (Wildman–Crippen LogP) is 3.27. The van der Waals surface area contributed by atoms with Crippen LogP contribution in [0.4, 0.5) is 4.39 Å². The highest BCUT2D eigenvalue weighted by Crippen LogP contribution is 2.15. The smallest absolute Gasteiger partial charge is 0.139 e. The van der Waals surface area contributed by atoms with Crippen LogP contribution in [0.3, 0.4) is 0 Å². The van der Waals surface area contributed by atoms with Crippen molar-refractivity contribution < 1.29 is 9.13 Å². The Morgan fingerprint density at radius 2 is 2.00 bits per heavy atom. The molecular weight excluding hydrogens is 199 g/mol. The largest absolute Gasteiger partial charge is 0.487 e. The zero-order chi connectivity index (χ0) is 9.80. The van der Waals surface area contributed by atoms with Crippen LogP contribution in [0, 0.1) is 11.2 Å². The molecule has 2 rings (SSSR count). The minimum Gasteiger partial charge on any atom is -0.487 e. The van der Waals surface area contributed by atoms with Crippen molar-refractivity contribution in [3.05, 3.63) is 52.5 Å². The number of rotatable bonds is 3. The van der Waals surface area contributed by atoms with Crippen LogP contribution in [0.1, 0.15) is 5.56 Å². The number of hydrogen-bond acceptors (Lipinski definition) is 2. The Bertz CT molecular complexity index is 380. The molecule has 0 saturated heterocycles. The molecule has 2 aromatic rings. The van der Waals surface area contributed by atoms with Crippen molar-refractivity contribution in [1.29, 1.82) is 0 Å². The van der Waals surface area contributed by atoms with Gasteiger partial charge in [-0.1, -0.05) is 12.1 Å². The van der Waals surface area contributed by atoms with E-state index < -0.39 is 0 Å². The van der Waals surface area contributed by atoms with E-state index in [9.17, 15) is 4.39 Å². The van der Waals surface area contributed by atoms with E-state index in [0.29, 0.717) is 6.61 Å². The summed E-state index contributed by atoms with van der Waals surface area (Å²) in [4.78, 5) is 0. The summed E-state index contributed by atoms with van der Waals surface area (Å²) in [5.74, 6) is 0.509. The predicted molar refractivity (Wildman–Crippen MR) is 53.9 cm³/mol. The van der Waals surface area contributed by atoms with Crippen molar-refractivity contribution in [3.63, 3.8) is 0 Å². The molecule has 0 aliphatic rings. The fraction of sp³-hybridized carbons (Fsp3) is 0.0909. The summed E-state index contributed by atoms with van der Waals surface area (Å²) in [6.45, 7) is 0.452. The van der Waals surface area contributed by atoms with Crippen molar-refractivity contribution >= 4 is 11.3 Å².